The van der Waals surface area contributed by atoms with E-state index in [1.165, 1.54) is 49.4 Å². The molecule has 0 spiro atoms. The lowest BCUT2D eigenvalue weighted by molar-refractivity contribution is -0.123. The highest BCUT2D eigenvalue weighted by molar-refractivity contribution is 6.00. The van der Waals surface area contributed by atoms with Crippen molar-refractivity contribution in [3.05, 3.63) is 71.2 Å². The summed E-state index contributed by atoms with van der Waals surface area (Å²) in [5.74, 6) is -1.12. The van der Waals surface area contributed by atoms with E-state index in [9.17, 15) is 23.9 Å². The molecule has 11 heteroatoms. The Balaban J connectivity index is 1.46. The van der Waals surface area contributed by atoms with Crippen LogP contribution in [0.3, 0.4) is 0 Å². The second kappa shape index (κ2) is 9.10. The average Bonchev–Trinajstić information content (AvgIpc) is 3.25. The Morgan fingerprint density at radius 3 is 2.66 bits per heavy atom. The van der Waals surface area contributed by atoms with Crippen LogP contribution in [0.1, 0.15) is 35.5 Å². The lowest BCUT2D eigenvalue weighted by Gasteiger charge is -2.26. The Labute approximate surface area is 217 Å². The third-order valence-corrected chi connectivity index (χ3v) is 6.75. The number of carbonyl (C=O) groups is 3. The van der Waals surface area contributed by atoms with Crippen LogP contribution in [-0.2, 0) is 20.6 Å². The van der Waals surface area contributed by atoms with Gasteiger partial charge in [-0.2, -0.15) is 0 Å². The van der Waals surface area contributed by atoms with E-state index < -0.39 is 28.6 Å². The predicted molar refractivity (Wildman–Crippen MR) is 134 cm³/mol. The summed E-state index contributed by atoms with van der Waals surface area (Å²) in [5.41, 5.74) is 4.84. The maximum atomic E-state index is 13.6. The summed E-state index contributed by atoms with van der Waals surface area (Å²) in [6.45, 7) is 2.74. The number of hydrogen-bond acceptors (Lipinski definition) is 7. The highest BCUT2D eigenvalue weighted by Gasteiger charge is 2.45. The number of fused-ring (bicyclic) bond motifs is 2. The van der Waals surface area contributed by atoms with Gasteiger partial charge in [0, 0.05) is 16.7 Å². The van der Waals surface area contributed by atoms with E-state index in [0.717, 1.165) is 0 Å². The number of ether oxygens (including phenoxy) is 2. The zero-order chi connectivity index (χ0) is 27.2. The van der Waals surface area contributed by atoms with E-state index in [2.05, 4.69) is 15.6 Å². The Morgan fingerprint density at radius 1 is 1.21 bits per heavy atom. The number of anilines is 1. The van der Waals surface area contributed by atoms with Crippen molar-refractivity contribution in [3.8, 4) is 22.8 Å². The summed E-state index contributed by atoms with van der Waals surface area (Å²) in [6, 6.07) is 11.7. The first-order valence-electron chi connectivity index (χ1n) is 11.8. The molecule has 3 amide bonds. The number of nitrogens with zero attached hydrogens (tertiary/aromatic N) is 1. The van der Waals surface area contributed by atoms with Crippen LogP contribution in [-0.4, -0.2) is 47.6 Å². The van der Waals surface area contributed by atoms with Crippen LogP contribution in [0.15, 0.2) is 48.5 Å². The van der Waals surface area contributed by atoms with Gasteiger partial charge in [0.05, 0.1) is 17.9 Å². The second-order valence-electron chi connectivity index (χ2n) is 9.73. The standard InChI is InChI=1S/C27H25FN4O6/c1-26(25(29)35)13-38-23-17(26)10-20(32-22(23)14-3-6-16(28)7-4-14)27(2,36)12-30-24(34)15-5-8-19-18(9-15)31-21(33)11-37-19/h3-10,36H,11-13H2,1-2H3,(H2,29,35)(H,30,34)(H,31,33)/t26-,27-/m0/s1. The van der Waals surface area contributed by atoms with Gasteiger partial charge in [-0.25, -0.2) is 9.37 Å². The van der Waals surface area contributed by atoms with Crippen molar-refractivity contribution < 1.29 is 33.4 Å². The van der Waals surface area contributed by atoms with Crippen LogP contribution >= 0.6 is 0 Å². The molecule has 0 saturated carbocycles. The number of pyridine rings is 1. The van der Waals surface area contributed by atoms with Crippen molar-refractivity contribution >= 4 is 23.4 Å². The van der Waals surface area contributed by atoms with E-state index in [-0.39, 0.29) is 36.9 Å². The summed E-state index contributed by atoms with van der Waals surface area (Å²) in [6.07, 6.45) is 0. The molecule has 0 saturated heterocycles. The smallest absolute Gasteiger partial charge is 0.262 e. The number of primary amides is 1. The Hall–Kier alpha value is -4.51. The molecule has 5 rings (SSSR count). The maximum absolute atomic E-state index is 13.6. The van der Waals surface area contributed by atoms with Crippen molar-refractivity contribution in [1.82, 2.24) is 10.3 Å². The van der Waals surface area contributed by atoms with Crippen LogP contribution in [0, 0.1) is 5.82 Å². The Morgan fingerprint density at radius 2 is 1.95 bits per heavy atom. The summed E-state index contributed by atoms with van der Waals surface area (Å²) in [7, 11) is 0. The maximum Gasteiger partial charge on any atom is 0.262 e. The van der Waals surface area contributed by atoms with Gasteiger partial charge in [0.2, 0.25) is 5.91 Å². The number of aliphatic hydroxyl groups is 1. The predicted octanol–water partition coefficient (Wildman–Crippen LogP) is 1.99. The number of nitrogens with two attached hydrogens (primary N) is 1. The van der Waals surface area contributed by atoms with E-state index in [4.69, 9.17) is 15.2 Å². The van der Waals surface area contributed by atoms with Gasteiger partial charge >= 0.3 is 0 Å². The van der Waals surface area contributed by atoms with Crippen molar-refractivity contribution in [2.75, 3.05) is 25.1 Å². The monoisotopic (exact) mass is 520 g/mol. The first kappa shape index (κ1) is 25.2. The van der Waals surface area contributed by atoms with Gasteiger partial charge in [0.1, 0.15) is 40.6 Å². The van der Waals surface area contributed by atoms with Crippen molar-refractivity contribution in [2.45, 2.75) is 24.9 Å². The summed E-state index contributed by atoms with van der Waals surface area (Å²) < 4.78 is 24.7. The van der Waals surface area contributed by atoms with E-state index in [1.54, 1.807) is 13.0 Å². The number of amides is 3. The number of rotatable bonds is 6. The van der Waals surface area contributed by atoms with E-state index in [1.807, 2.05) is 0 Å². The highest BCUT2D eigenvalue weighted by Crippen LogP contribution is 2.45. The third kappa shape index (κ3) is 4.41. The number of hydrogen-bond donors (Lipinski definition) is 4. The molecule has 0 fully saturated rings. The first-order chi connectivity index (χ1) is 18.0. The first-order valence-corrected chi connectivity index (χ1v) is 11.8. The van der Waals surface area contributed by atoms with Gasteiger partial charge < -0.3 is 30.9 Å². The molecule has 0 radical (unpaired) electrons. The number of benzene rings is 2. The molecular weight excluding hydrogens is 495 g/mol. The molecule has 5 N–H and O–H groups in total. The Bertz CT molecular complexity index is 1470. The molecule has 38 heavy (non-hydrogen) atoms. The molecule has 0 bridgehead atoms. The lowest BCUT2D eigenvalue weighted by atomic mass is 9.82. The fraction of sp³-hybridized carbons (Fsp3) is 0.259. The quantitative estimate of drug-likeness (QED) is 0.388. The molecule has 2 atom stereocenters. The lowest BCUT2D eigenvalue weighted by Crippen LogP contribution is -2.41. The van der Waals surface area contributed by atoms with Gasteiger partial charge in [0.25, 0.3) is 11.8 Å². The molecule has 3 aromatic rings. The second-order valence-corrected chi connectivity index (χ2v) is 9.73. The zero-order valence-corrected chi connectivity index (χ0v) is 20.6. The van der Waals surface area contributed by atoms with Crippen molar-refractivity contribution in [1.29, 1.82) is 0 Å². The largest absolute Gasteiger partial charge is 0.489 e. The van der Waals surface area contributed by atoms with Crippen molar-refractivity contribution in [2.24, 2.45) is 5.73 Å². The Kier molecular flexibility index (Phi) is 6.03. The number of nitrogens with one attached hydrogen (secondary N) is 2. The molecule has 0 unspecified atom stereocenters. The minimum atomic E-state index is -1.69. The van der Waals surface area contributed by atoms with E-state index in [0.29, 0.717) is 34.0 Å². The van der Waals surface area contributed by atoms with Gasteiger partial charge in [-0.15, -0.1) is 0 Å². The normalized spacial score (nSPS) is 19.2. The minimum Gasteiger partial charge on any atom is -0.489 e. The zero-order valence-electron chi connectivity index (χ0n) is 20.6. The van der Waals surface area contributed by atoms with Crippen LogP contribution < -0.4 is 25.8 Å². The third-order valence-electron chi connectivity index (χ3n) is 6.75. The van der Waals surface area contributed by atoms with Crippen LogP contribution in [0.4, 0.5) is 10.1 Å². The summed E-state index contributed by atoms with van der Waals surface area (Å²) in [4.78, 5) is 41.4. The molecule has 2 aliphatic rings. The van der Waals surface area contributed by atoms with E-state index >= 15 is 0 Å². The van der Waals surface area contributed by atoms with Crippen LogP contribution in [0.2, 0.25) is 0 Å². The topological polar surface area (TPSA) is 153 Å². The average molecular weight is 521 g/mol. The molecule has 2 aromatic carbocycles. The number of carbonyl (C=O) groups excluding carboxylic acids is 3. The number of halogens is 1. The molecule has 0 aliphatic carbocycles. The fourth-order valence-corrected chi connectivity index (χ4v) is 4.34. The molecule has 196 valence electrons. The van der Waals surface area contributed by atoms with Gasteiger partial charge in [-0.05, 0) is 62.4 Å². The number of aromatic nitrogens is 1. The molecule has 3 heterocycles. The SMILES string of the molecule is C[C@](O)(CNC(=O)c1ccc2c(c1)NC(=O)CO2)c1cc2c(c(-c3ccc(F)cc3)n1)OC[C@]2(C)C(N)=O. The molecule has 10 nitrogen and oxygen atoms in total. The molecule has 1 aromatic heterocycles. The van der Waals surface area contributed by atoms with Gasteiger partial charge in [-0.3, -0.25) is 14.4 Å². The van der Waals surface area contributed by atoms with Gasteiger partial charge in [0.15, 0.2) is 6.61 Å². The highest BCUT2D eigenvalue weighted by atomic mass is 19.1. The summed E-state index contributed by atoms with van der Waals surface area (Å²) in [5, 5.41) is 16.7. The van der Waals surface area contributed by atoms with Crippen molar-refractivity contribution in [3.63, 3.8) is 0 Å². The van der Waals surface area contributed by atoms with Crippen LogP contribution in [0.25, 0.3) is 11.3 Å². The fourth-order valence-electron chi connectivity index (χ4n) is 4.34. The van der Waals surface area contributed by atoms with Gasteiger partial charge in [-0.1, -0.05) is 0 Å². The summed E-state index contributed by atoms with van der Waals surface area (Å²) >= 11 is 0. The molecular formula is C27H25FN4O6. The molecule has 2 aliphatic heterocycles. The van der Waals surface area contributed by atoms with Crippen LogP contribution in [0.5, 0.6) is 11.5 Å². The minimum absolute atomic E-state index is 0.0194.